The number of carbonyl (C=O) groups excluding carboxylic acids is 1. The number of hydrogen-bond acceptors (Lipinski definition) is 3. The molecule has 0 N–H and O–H groups in total. The number of nitro groups is 1. The number of hydrogen-bond donors (Lipinski definition) is 0. The van der Waals surface area contributed by atoms with Crippen LogP contribution in [0.15, 0.2) is 18.2 Å². The summed E-state index contributed by atoms with van der Waals surface area (Å²) in [5, 5.41) is 10.7. The zero-order chi connectivity index (χ0) is 12.3. The summed E-state index contributed by atoms with van der Waals surface area (Å²) in [5.41, 5.74) is 0.887. The monoisotopic (exact) mass is 222 g/mol. The number of rotatable bonds is 3. The predicted octanol–water partition coefficient (Wildman–Crippen LogP) is 2.00. The van der Waals surface area contributed by atoms with Gasteiger partial charge in [0, 0.05) is 30.8 Å². The molecule has 0 aliphatic heterocycles. The third-order valence-corrected chi connectivity index (χ3v) is 2.47. The molecule has 0 spiro atoms. The van der Waals surface area contributed by atoms with Gasteiger partial charge < -0.3 is 4.90 Å². The molecule has 0 radical (unpaired) electrons. The molecule has 5 nitrogen and oxygen atoms in total. The lowest BCUT2D eigenvalue weighted by Crippen LogP contribution is -2.26. The Morgan fingerprint density at radius 1 is 1.50 bits per heavy atom. The molecule has 0 aliphatic carbocycles. The average Bonchev–Trinajstić information content (AvgIpc) is 2.27. The Hall–Kier alpha value is -1.91. The van der Waals surface area contributed by atoms with Crippen LogP contribution in [0.2, 0.25) is 0 Å². The van der Waals surface area contributed by atoms with Gasteiger partial charge >= 0.3 is 0 Å². The van der Waals surface area contributed by atoms with Crippen LogP contribution in [-0.4, -0.2) is 29.3 Å². The van der Waals surface area contributed by atoms with Gasteiger partial charge in [0.15, 0.2) is 0 Å². The zero-order valence-corrected chi connectivity index (χ0v) is 9.56. The summed E-state index contributed by atoms with van der Waals surface area (Å²) in [4.78, 5) is 23.5. The maximum absolute atomic E-state index is 11.8. The lowest BCUT2D eigenvalue weighted by molar-refractivity contribution is -0.385. The molecule has 1 rings (SSSR count). The van der Waals surface area contributed by atoms with Crippen LogP contribution in [0.5, 0.6) is 0 Å². The second-order valence-corrected chi connectivity index (χ2v) is 3.58. The Kier molecular flexibility index (Phi) is 3.60. The Bertz CT molecular complexity index is 429. The molecular formula is C11H14N2O3. The highest BCUT2D eigenvalue weighted by molar-refractivity contribution is 5.94. The lowest BCUT2D eigenvalue weighted by atomic mass is 10.1. The summed E-state index contributed by atoms with van der Waals surface area (Å²) in [6.07, 6.45) is 0. The number of carbonyl (C=O) groups is 1. The van der Waals surface area contributed by atoms with E-state index in [1.165, 1.54) is 11.0 Å². The fourth-order valence-electron chi connectivity index (χ4n) is 1.30. The second-order valence-electron chi connectivity index (χ2n) is 3.58. The largest absolute Gasteiger partial charge is 0.342 e. The number of benzene rings is 1. The molecule has 5 heteroatoms. The van der Waals surface area contributed by atoms with Gasteiger partial charge in [-0.25, -0.2) is 0 Å². The first-order chi connectivity index (χ1) is 7.47. The molecule has 0 aromatic heterocycles. The molecule has 0 saturated heterocycles. The van der Waals surface area contributed by atoms with Crippen LogP contribution >= 0.6 is 0 Å². The van der Waals surface area contributed by atoms with E-state index in [4.69, 9.17) is 0 Å². The van der Waals surface area contributed by atoms with Crippen LogP contribution < -0.4 is 0 Å². The van der Waals surface area contributed by atoms with E-state index in [1.807, 2.05) is 6.92 Å². The van der Waals surface area contributed by atoms with Gasteiger partial charge in [-0.1, -0.05) is 6.07 Å². The van der Waals surface area contributed by atoms with E-state index in [2.05, 4.69) is 0 Å². The molecular weight excluding hydrogens is 208 g/mol. The SMILES string of the molecule is CCN(C)C(=O)c1ccc(C)c([N+](=O)[O-])c1. The summed E-state index contributed by atoms with van der Waals surface area (Å²) >= 11 is 0. The van der Waals surface area contributed by atoms with E-state index in [1.54, 1.807) is 26.1 Å². The Morgan fingerprint density at radius 2 is 2.12 bits per heavy atom. The fraction of sp³-hybridized carbons (Fsp3) is 0.364. The number of nitrogens with zero attached hydrogens (tertiary/aromatic N) is 2. The van der Waals surface area contributed by atoms with Crippen molar-refractivity contribution in [3.8, 4) is 0 Å². The fourth-order valence-corrected chi connectivity index (χ4v) is 1.30. The van der Waals surface area contributed by atoms with E-state index in [-0.39, 0.29) is 11.6 Å². The molecule has 0 bridgehead atoms. The molecule has 1 aromatic carbocycles. The van der Waals surface area contributed by atoms with Gasteiger partial charge in [0.25, 0.3) is 11.6 Å². The van der Waals surface area contributed by atoms with Crippen LogP contribution in [0.4, 0.5) is 5.69 Å². The first-order valence-electron chi connectivity index (χ1n) is 4.98. The summed E-state index contributed by atoms with van der Waals surface area (Å²) < 4.78 is 0. The average molecular weight is 222 g/mol. The van der Waals surface area contributed by atoms with E-state index < -0.39 is 4.92 Å². The minimum Gasteiger partial charge on any atom is -0.342 e. The molecule has 0 fully saturated rings. The summed E-state index contributed by atoms with van der Waals surface area (Å²) in [5.74, 6) is -0.203. The molecule has 0 atom stereocenters. The van der Waals surface area contributed by atoms with Gasteiger partial charge in [-0.2, -0.15) is 0 Å². The van der Waals surface area contributed by atoms with Crippen molar-refractivity contribution >= 4 is 11.6 Å². The quantitative estimate of drug-likeness (QED) is 0.580. The summed E-state index contributed by atoms with van der Waals surface area (Å²) in [7, 11) is 1.66. The minimum atomic E-state index is -0.474. The number of aryl methyl sites for hydroxylation is 1. The Labute approximate surface area is 93.8 Å². The molecule has 16 heavy (non-hydrogen) atoms. The second kappa shape index (κ2) is 4.74. The van der Waals surface area contributed by atoms with Crippen molar-refractivity contribution in [3.05, 3.63) is 39.4 Å². The predicted molar refractivity (Wildman–Crippen MR) is 60.5 cm³/mol. The van der Waals surface area contributed by atoms with E-state index >= 15 is 0 Å². The molecule has 0 aliphatic rings. The van der Waals surface area contributed by atoms with Crippen molar-refractivity contribution < 1.29 is 9.72 Å². The summed E-state index contributed by atoms with van der Waals surface area (Å²) in [6.45, 7) is 4.07. The first kappa shape index (κ1) is 12.2. The van der Waals surface area contributed by atoms with Crippen molar-refractivity contribution in [1.82, 2.24) is 4.90 Å². The Balaban J connectivity index is 3.13. The maximum Gasteiger partial charge on any atom is 0.273 e. The topological polar surface area (TPSA) is 63.5 Å². The van der Waals surface area contributed by atoms with E-state index in [9.17, 15) is 14.9 Å². The number of amides is 1. The van der Waals surface area contributed by atoms with Crippen LogP contribution in [0, 0.1) is 17.0 Å². The van der Waals surface area contributed by atoms with Gasteiger partial charge in [0.05, 0.1) is 4.92 Å². The zero-order valence-electron chi connectivity index (χ0n) is 9.56. The highest BCUT2D eigenvalue weighted by atomic mass is 16.6. The highest BCUT2D eigenvalue weighted by Crippen LogP contribution is 2.19. The van der Waals surface area contributed by atoms with Crippen molar-refractivity contribution in [1.29, 1.82) is 0 Å². The Morgan fingerprint density at radius 3 is 2.62 bits per heavy atom. The van der Waals surface area contributed by atoms with Gasteiger partial charge in [0.1, 0.15) is 0 Å². The van der Waals surface area contributed by atoms with Gasteiger partial charge in [0.2, 0.25) is 0 Å². The summed E-state index contributed by atoms with van der Waals surface area (Å²) in [6, 6.07) is 4.52. The van der Waals surface area contributed by atoms with Crippen molar-refractivity contribution in [2.24, 2.45) is 0 Å². The van der Waals surface area contributed by atoms with E-state index in [0.29, 0.717) is 17.7 Å². The molecule has 1 amide bonds. The third-order valence-electron chi connectivity index (χ3n) is 2.47. The molecule has 0 saturated carbocycles. The molecule has 86 valence electrons. The lowest BCUT2D eigenvalue weighted by Gasteiger charge is -2.14. The molecule has 1 aromatic rings. The standard InChI is InChI=1S/C11H14N2O3/c1-4-12(3)11(14)9-6-5-8(2)10(7-9)13(15)16/h5-7H,4H2,1-3H3. The molecule has 0 unspecified atom stereocenters. The first-order valence-corrected chi connectivity index (χ1v) is 4.98. The number of nitro benzene ring substituents is 1. The normalized spacial score (nSPS) is 9.94. The van der Waals surface area contributed by atoms with Crippen molar-refractivity contribution in [3.63, 3.8) is 0 Å². The van der Waals surface area contributed by atoms with Crippen molar-refractivity contribution in [2.45, 2.75) is 13.8 Å². The highest BCUT2D eigenvalue weighted by Gasteiger charge is 2.16. The third kappa shape index (κ3) is 2.36. The van der Waals surface area contributed by atoms with Crippen molar-refractivity contribution in [2.75, 3.05) is 13.6 Å². The van der Waals surface area contributed by atoms with Crippen LogP contribution in [0.25, 0.3) is 0 Å². The smallest absolute Gasteiger partial charge is 0.273 e. The minimum absolute atomic E-state index is 0.0182. The maximum atomic E-state index is 11.8. The van der Waals surface area contributed by atoms with E-state index in [0.717, 1.165) is 0 Å². The van der Waals surface area contributed by atoms with Crippen LogP contribution in [0.1, 0.15) is 22.8 Å². The molecule has 0 heterocycles. The van der Waals surface area contributed by atoms with Gasteiger partial charge in [-0.3, -0.25) is 14.9 Å². The van der Waals surface area contributed by atoms with Crippen LogP contribution in [0.3, 0.4) is 0 Å². The van der Waals surface area contributed by atoms with Gasteiger partial charge in [-0.05, 0) is 19.9 Å². The van der Waals surface area contributed by atoms with Gasteiger partial charge in [-0.15, -0.1) is 0 Å². The van der Waals surface area contributed by atoms with Crippen LogP contribution in [-0.2, 0) is 0 Å².